The second-order valence-corrected chi connectivity index (χ2v) is 13.1. The van der Waals surface area contributed by atoms with E-state index in [0.29, 0.717) is 0 Å². The highest BCUT2D eigenvalue weighted by Gasteiger charge is 2.39. The Morgan fingerprint density at radius 3 is 1.95 bits per heavy atom. The second kappa shape index (κ2) is 9.99. The molecule has 0 spiro atoms. The van der Waals surface area contributed by atoms with Gasteiger partial charge in [-0.1, -0.05) is 143 Å². The van der Waals surface area contributed by atoms with Gasteiger partial charge in [0, 0.05) is 29.3 Å². The molecule has 1 aliphatic carbocycles. The van der Waals surface area contributed by atoms with E-state index < -0.39 is 0 Å². The van der Waals surface area contributed by atoms with Gasteiger partial charge in [-0.3, -0.25) is 0 Å². The first-order valence-electron chi connectivity index (χ1n) is 15.4. The zero-order valence-corrected chi connectivity index (χ0v) is 26.1. The molecule has 0 bridgehead atoms. The molecule has 212 valence electrons. The van der Waals surface area contributed by atoms with Crippen LogP contribution in [0.3, 0.4) is 0 Å². The molecule has 0 saturated carbocycles. The molecular weight excluding hydrogens is 518 g/mol. The van der Waals surface area contributed by atoms with Crippen LogP contribution in [0.2, 0.25) is 0 Å². The predicted octanol–water partition coefficient (Wildman–Crippen LogP) is 11.0. The zero-order valence-electron chi connectivity index (χ0n) is 26.1. The number of likely N-dealkylation sites (N-methyl/N-ethyl adjacent to an activating group) is 1. The number of nitrogens with zero attached hydrogens (tertiary/aromatic N) is 1. The Labute approximate surface area is 256 Å². The maximum Gasteiger partial charge on any atom is 0.0454 e. The molecule has 0 saturated heterocycles. The van der Waals surface area contributed by atoms with Crippen LogP contribution >= 0.6 is 0 Å². The molecule has 0 atom stereocenters. The van der Waals surface area contributed by atoms with Gasteiger partial charge >= 0.3 is 0 Å². The number of benzene rings is 5. The van der Waals surface area contributed by atoms with Gasteiger partial charge < -0.3 is 4.90 Å². The van der Waals surface area contributed by atoms with Crippen molar-refractivity contribution in [1.29, 1.82) is 0 Å². The van der Waals surface area contributed by atoms with E-state index in [9.17, 15) is 0 Å². The molecule has 43 heavy (non-hydrogen) atoms. The van der Waals surface area contributed by atoms with E-state index in [1.165, 1.54) is 71.9 Å². The van der Waals surface area contributed by atoms with Crippen LogP contribution in [0.15, 0.2) is 139 Å². The molecular formula is C42H39N. The van der Waals surface area contributed by atoms with Gasteiger partial charge in [-0.05, 0) is 79.6 Å². The Hall–Kier alpha value is -4.62. The minimum absolute atomic E-state index is 0.0899. The van der Waals surface area contributed by atoms with Crippen LogP contribution in [0.25, 0.3) is 32.7 Å². The summed E-state index contributed by atoms with van der Waals surface area (Å²) in [7, 11) is 2.21. The first-order chi connectivity index (χ1) is 20.7. The Kier molecular flexibility index (Phi) is 6.32. The van der Waals surface area contributed by atoms with Crippen LogP contribution in [0.1, 0.15) is 56.9 Å². The summed E-state index contributed by atoms with van der Waals surface area (Å²) in [6.07, 6.45) is 9.34. The van der Waals surface area contributed by atoms with Crippen molar-refractivity contribution in [1.82, 2.24) is 0 Å². The summed E-state index contributed by atoms with van der Waals surface area (Å²) in [5, 5.41) is 5.30. The largest absolute Gasteiger partial charge is 0.347 e. The molecule has 0 radical (unpaired) electrons. The molecule has 0 fully saturated rings. The van der Waals surface area contributed by atoms with Crippen molar-refractivity contribution in [3.8, 4) is 0 Å². The number of hydrogen-bond acceptors (Lipinski definition) is 1. The Morgan fingerprint density at radius 2 is 1.26 bits per heavy atom. The van der Waals surface area contributed by atoms with E-state index in [-0.39, 0.29) is 10.8 Å². The number of hydrogen-bond donors (Lipinski definition) is 0. The zero-order chi connectivity index (χ0) is 29.9. The second-order valence-electron chi connectivity index (χ2n) is 13.1. The summed E-state index contributed by atoms with van der Waals surface area (Å²) in [6.45, 7) is 11.7. The van der Waals surface area contributed by atoms with E-state index in [1.54, 1.807) is 0 Å². The third-order valence-corrected chi connectivity index (χ3v) is 9.89. The lowest BCUT2D eigenvalue weighted by Crippen LogP contribution is -2.22. The van der Waals surface area contributed by atoms with Gasteiger partial charge in [-0.15, -0.1) is 0 Å². The highest BCUT2D eigenvalue weighted by atomic mass is 15.2. The fourth-order valence-corrected chi connectivity index (χ4v) is 7.75. The molecule has 0 aromatic heterocycles. The molecule has 1 heteroatoms. The molecule has 0 amide bonds. The van der Waals surface area contributed by atoms with Crippen LogP contribution in [-0.2, 0) is 10.8 Å². The lowest BCUT2D eigenvalue weighted by atomic mass is 9.78. The first-order valence-corrected chi connectivity index (χ1v) is 15.4. The van der Waals surface area contributed by atoms with Crippen molar-refractivity contribution in [3.63, 3.8) is 0 Å². The molecule has 0 unspecified atom stereocenters. The highest BCUT2D eigenvalue weighted by molar-refractivity contribution is 5.97. The van der Waals surface area contributed by atoms with Gasteiger partial charge in [0.2, 0.25) is 0 Å². The van der Waals surface area contributed by atoms with Crippen molar-refractivity contribution in [2.45, 2.75) is 45.4 Å². The van der Waals surface area contributed by atoms with Crippen molar-refractivity contribution >= 4 is 38.4 Å². The standard InChI is InChI=1S/C42H39N/c1-28-33-24-20-31-16-10-12-18-34(31)39(33)41(2,3)36(28)25-21-30(29-14-8-7-9-15-29)23-27-38-42(4,5)40-35-19-13-11-17-32(35)22-26-37(40)43(38)6/h7-27H,1-6H3/b25-21+,30-23-,38-27-. The fourth-order valence-electron chi connectivity index (χ4n) is 7.75. The summed E-state index contributed by atoms with van der Waals surface area (Å²) in [5.41, 5.74) is 11.8. The molecule has 1 heterocycles. The Morgan fingerprint density at radius 1 is 0.651 bits per heavy atom. The molecule has 0 N–H and O–H groups in total. The molecule has 1 aliphatic heterocycles. The average molecular weight is 558 g/mol. The molecule has 7 rings (SSSR count). The average Bonchev–Trinajstić information content (AvgIpc) is 3.34. The normalized spacial score (nSPS) is 18.3. The van der Waals surface area contributed by atoms with Gasteiger partial charge in [0.25, 0.3) is 0 Å². The minimum atomic E-state index is -0.123. The van der Waals surface area contributed by atoms with E-state index in [2.05, 4.69) is 174 Å². The minimum Gasteiger partial charge on any atom is -0.347 e. The monoisotopic (exact) mass is 557 g/mol. The van der Waals surface area contributed by atoms with Crippen LogP contribution in [0.5, 0.6) is 0 Å². The maximum absolute atomic E-state index is 2.37. The summed E-state index contributed by atoms with van der Waals surface area (Å²) < 4.78 is 0. The quantitative estimate of drug-likeness (QED) is 0.199. The molecule has 1 nitrogen and oxygen atoms in total. The van der Waals surface area contributed by atoms with Gasteiger partial charge in [-0.25, -0.2) is 0 Å². The van der Waals surface area contributed by atoms with Crippen molar-refractivity contribution < 1.29 is 0 Å². The van der Waals surface area contributed by atoms with Crippen molar-refractivity contribution in [3.05, 3.63) is 161 Å². The van der Waals surface area contributed by atoms with Gasteiger partial charge in [0.05, 0.1) is 0 Å². The Bertz CT molecular complexity index is 2030. The van der Waals surface area contributed by atoms with Crippen LogP contribution < -0.4 is 4.90 Å². The van der Waals surface area contributed by atoms with Crippen molar-refractivity contribution in [2.75, 3.05) is 11.9 Å². The van der Waals surface area contributed by atoms with Crippen LogP contribution in [0.4, 0.5) is 5.69 Å². The Balaban J connectivity index is 1.32. The third kappa shape index (κ3) is 4.21. The van der Waals surface area contributed by atoms with Gasteiger partial charge in [0.15, 0.2) is 0 Å². The topological polar surface area (TPSA) is 3.24 Å². The van der Waals surface area contributed by atoms with E-state index in [0.717, 1.165) is 0 Å². The summed E-state index contributed by atoms with van der Waals surface area (Å²) in [5.74, 6) is 0. The lowest BCUT2D eigenvalue weighted by molar-refractivity contribution is 0.645. The number of allylic oxidation sites excluding steroid dienone is 8. The van der Waals surface area contributed by atoms with Crippen LogP contribution in [-0.4, -0.2) is 7.05 Å². The number of rotatable bonds is 4. The maximum atomic E-state index is 2.37. The highest BCUT2D eigenvalue weighted by Crippen LogP contribution is 2.51. The van der Waals surface area contributed by atoms with Crippen LogP contribution in [0, 0.1) is 0 Å². The first kappa shape index (κ1) is 27.2. The SMILES string of the molecule is CC1=C(/C=C/C(=C/C=C2\N(C)c3ccc4ccccc4c3C2(C)C)c2ccccc2)C(C)(C)c2c1ccc1ccccc21. The summed E-state index contributed by atoms with van der Waals surface area (Å²) in [6, 6.07) is 37.4. The van der Waals surface area contributed by atoms with Crippen molar-refractivity contribution in [2.24, 2.45) is 0 Å². The molecule has 5 aromatic rings. The third-order valence-electron chi connectivity index (χ3n) is 9.89. The molecule has 5 aromatic carbocycles. The molecule has 2 aliphatic rings. The number of fused-ring (bicyclic) bond motifs is 6. The van der Waals surface area contributed by atoms with Gasteiger partial charge in [-0.2, -0.15) is 0 Å². The predicted molar refractivity (Wildman–Crippen MR) is 187 cm³/mol. The smallest absolute Gasteiger partial charge is 0.0454 e. The fraction of sp³-hybridized carbons (Fsp3) is 0.190. The van der Waals surface area contributed by atoms with E-state index >= 15 is 0 Å². The lowest BCUT2D eigenvalue weighted by Gasteiger charge is -2.25. The number of anilines is 1. The summed E-state index contributed by atoms with van der Waals surface area (Å²) >= 11 is 0. The van der Waals surface area contributed by atoms with Gasteiger partial charge in [0.1, 0.15) is 0 Å². The summed E-state index contributed by atoms with van der Waals surface area (Å²) in [4.78, 5) is 2.37. The van der Waals surface area contributed by atoms with E-state index in [1.807, 2.05) is 0 Å². The van der Waals surface area contributed by atoms with E-state index in [4.69, 9.17) is 0 Å².